The molecule has 7 nitrogen and oxygen atoms in total. The van der Waals surface area contributed by atoms with Crippen molar-refractivity contribution in [3.05, 3.63) is 0 Å². The second kappa shape index (κ2) is 8.40. The Balaban J connectivity index is 3.65. The SMILES string of the molecule is COCCOCC(=O)NCCS(=O)(=O)N(C)C. The van der Waals surface area contributed by atoms with E-state index in [-0.39, 0.29) is 24.8 Å². The molecule has 0 heterocycles. The first-order valence-electron chi connectivity index (χ1n) is 5.13. The smallest absolute Gasteiger partial charge is 0.246 e. The van der Waals surface area contributed by atoms with Gasteiger partial charge in [-0.05, 0) is 0 Å². The summed E-state index contributed by atoms with van der Waals surface area (Å²) in [5.74, 6) is -0.459. The van der Waals surface area contributed by atoms with Crippen LogP contribution in [0.1, 0.15) is 0 Å². The van der Waals surface area contributed by atoms with Gasteiger partial charge in [0.2, 0.25) is 15.9 Å². The predicted molar refractivity (Wildman–Crippen MR) is 63.2 cm³/mol. The summed E-state index contributed by atoms with van der Waals surface area (Å²) in [7, 11) is 1.17. The van der Waals surface area contributed by atoms with Gasteiger partial charge in [-0.25, -0.2) is 12.7 Å². The van der Waals surface area contributed by atoms with E-state index < -0.39 is 10.0 Å². The van der Waals surface area contributed by atoms with Crippen molar-refractivity contribution < 1.29 is 22.7 Å². The minimum Gasteiger partial charge on any atom is -0.382 e. The third kappa shape index (κ3) is 8.08. The molecule has 0 aliphatic rings. The fraction of sp³-hybridized carbons (Fsp3) is 0.889. The Bertz CT molecular complexity index is 315. The number of ether oxygens (including phenoxy) is 2. The van der Waals surface area contributed by atoms with E-state index in [2.05, 4.69) is 5.32 Å². The Morgan fingerprint density at radius 1 is 1.29 bits per heavy atom. The molecule has 0 aliphatic heterocycles. The Hall–Kier alpha value is -0.700. The van der Waals surface area contributed by atoms with Crippen molar-refractivity contribution in [3.63, 3.8) is 0 Å². The maximum atomic E-state index is 11.3. The molecule has 1 N–H and O–H groups in total. The van der Waals surface area contributed by atoms with Crippen LogP contribution >= 0.6 is 0 Å². The molecular formula is C9H20N2O5S. The summed E-state index contributed by atoms with van der Waals surface area (Å²) in [6.45, 7) is 0.737. The van der Waals surface area contributed by atoms with Crippen LogP contribution < -0.4 is 5.32 Å². The van der Waals surface area contributed by atoms with Gasteiger partial charge >= 0.3 is 0 Å². The Kier molecular flexibility index (Phi) is 8.05. The van der Waals surface area contributed by atoms with Crippen molar-refractivity contribution >= 4 is 15.9 Å². The van der Waals surface area contributed by atoms with E-state index in [1.54, 1.807) is 0 Å². The van der Waals surface area contributed by atoms with Crippen LogP contribution in [0.3, 0.4) is 0 Å². The monoisotopic (exact) mass is 268 g/mol. The van der Waals surface area contributed by atoms with Gasteiger partial charge < -0.3 is 14.8 Å². The number of rotatable bonds is 9. The Morgan fingerprint density at radius 2 is 1.94 bits per heavy atom. The van der Waals surface area contributed by atoms with Crippen LogP contribution in [0.15, 0.2) is 0 Å². The molecule has 0 atom stereocenters. The highest BCUT2D eigenvalue weighted by atomic mass is 32.2. The molecule has 1 amide bonds. The Morgan fingerprint density at radius 3 is 2.47 bits per heavy atom. The molecule has 0 rings (SSSR count). The van der Waals surface area contributed by atoms with Crippen molar-refractivity contribution in [1.29, 1.82) is 0 Å². The quantitative estimate of drug-likeness (QED) is 0.523. The first-order chi connectivity index (χ1) is 7.90. The summed E-state index contributed by atoms with van der Waals surface area (Å²) in [6, 6.07) is 0. The standard InChI is InChI=1S/C9H20N2O5S/c1-11(2)17(13,14)7-4-10-9(12)8-16-6-5-15-3/h4-8H2,1-3H3,(H,10,12). The number of hydrogen-bond acceptors (Lipinski definition) is 5. The molecule has 0 aliphatic carbocycles. The van der Waals surface area contributed by atoms with Crippen molar-refractivity contribution in [2.45, 2.75) is 0 Å². The van der Waals surface area contributed by atoms with Gasteiger partial charge in [-0.15, -0.1) is 0 Å². The molecule has 102 valence electrons. The lowest BCUT2D eigenvalue weighted by Gasteiger charge is -2.11. The number of amides is 1. The van der Waals surface area contributed by atoms with Crippen LogP contribution in [0.2, 0.25) is 0 Å². The van der Waals surface area contributed by atoms with Crippen LogP contribution in [0.5, 0.6) is 0 Å². The zero-order chi connectivity index (χ0) is 13.3. The van der Waals surface area contributed by atoms with Gasteiger partial charge in [0, 0.05) is 27.7 Å². The second-order valence-corrected chi connectivity index (χ2v) is 5.80. The van der Waals surface area contributed by atoms with E-state index in [1.807, 2.05) is 0 Å². The average Bonchev–Trinajstić information content (AvgIpc) is 2.24. The lowest BCUT2D eigenvalue weighted by molar-refractivity contribution is -0.125. The van der Waals surface area contributed by atoms with Crippen LogP contribution in [0, 0.1) is 0 Å². The highest BCUT2D eigenvalue weighted by Crippen LogP contribution is 1.91. The third-order valence-corrected chi connectivity index (χ3v) is 3.74. The molecule has 0 aromatic rings. The number of methoxy groups -OCH3 is 1. The van der Waals surface area contributed by atoms with Crippen LogP contribution in [-0.4, -0.2) is 72.0 Å². The maximum Gasteiger partial charge on any atom is 0.246 e. The molecule has 0 fully saturated rings. The van der Waals surface area contributed by atoms with Gasteiger partial charge in [0.25, 0.3) is 0 Å². The lowest BCUT2D eigenvalue weighted by Crippen LogP contribution is -2.35. The average molecular weight is 268 g/mol. The van der Waals surface area contributed by atoms with Gasteiger partial charge in [0.1, 0.15) is 6.61 Å². The first-order valence-corrected chi connectivity index (χ1v) is 6.74. The van der Waals surface area contributed by atoms with E-state index in [4.69, 9.17) is 9.47 Å². The molecule has 8 heteroatoms. The topological polar surface area (TPSA) is 84.9 Å². The van der Waals surface area contributed by atoms with Crippen LogP contribution in [0.25, 0.3) is 0 Å². The molecule has 0 bridgehead atoms. The molecule has 0 saturated carbocycles. The fourth-order valence-electron chi connectivity index (χ4n) is 0.860. The van der Waals surface area contributed by atoms with Crippen LogP contribution in [-0.2, 0) is 24.3 Å². The van der Waals surface area contributed by atoms with E-state index in [0.29, 0.717) is 13.2 Å². The third-order valence-electron chi connectivity index (χ3n) is 1.90. The maximum absolute atomic E-state index is 11.3. The van der Waals surface area contributed by atoms with E-state index in [0.717, 1.165) is 4.31 Å². The minimum atomic E-state index is -3.27. The number of carbonyl (C=O) groups is 1. The molecule has 0 unspecified atom stereocenters. The molecular weight excluding hydrogens is 248 g/mol. The summed E-state index contributed by atoms with van der Waals surface area (Å²) >= 11 is 0. The van der Waals surface area contributed by atoms with E-state index in [1.165, 1.54) is 21.2 Å². The molecule has 0 aromatic heterocycles. The van der Waals surface area contributed by atoms with Crippen LogP contribution in [0.4, 0.5) is 0 Å². The number of nitrogens with one attached hydrogen (secondary N) is 1. The number of nitrogens with zero attached hydrogens (tertiary/aromatic N) is 1. The lowest BCUT2D eigenvalue weighted by atomic mass is 10.6. The van der Waals surface area contributed by atoms with E-state index in [9.17, 15) is 13.2 Å². The van der Waals surface area contributed by atoms with Gasteiger partial charge in [0.15, 0.2) is 0 Å². The predicted octanol–water partition coefficient (Wildman–Crippen LogP) is -1.34. The number of sulfonamides is 1. The molecule has 0 saturated heterocycles. The zero-order valence-electron chi connectivity index (χ0n) is 10.4. The molecule has 0 radical (unpaired) electrons. The molecule has 17 heavy (non-hydrogen) atoms. The van der Waals surface area contributed by atoms with Crippen molar-refractivity contribution in [2.24, 2.45) is 0 Å². The first kappa shape index (κ1) is 16.3. The van der Waals surface area contributed by atoms with E-state index >= 15 is 0 Å². The van der Waals surface area contributed by atoms with Gasteiger partial charge in [-0.1, -0.05) is 0 Å². The molecule has 0 spiro atoms. The number of hydrogen-bond donors (Lipinski definition) is 1. The van der Waals surface area contributed by atoms with Gasteiger partial charge in [0.05, 0.1) is 19.0 Å². The summed E-state index contributed by atoms with van der Waals surface area (Å²) in [4.78, 5) is 11.2. The summed E-state index contributed by atoms with van der Waals surface area (Å²) in [6.07, 6.45) is 0. The zero-order valence-corrected chi connectivity index (χ0v) is 11.2. The number of carbonyl (C=O) groups excluding carboxylic acids is 1. The van der Waals surface area contributed by atoms with Crippen molar-refractivity contribution in [3.8, 4) is 0 Å². The second-order valence-electron chi connectivity index (χ2n) is 3.49. The largest absolute Gasteiger partial charge is 0.382 e. The Labute approximate surface area is 102 Å². The highest BCUT2D eigenvalue weighted by Gasteiger charge is 2.13. The summed E-state index contributed by atoms with van der Waals surface area (Å²) in [5.41, 5.74) is 0. The van der Waals surface area contributed by atoms with Gasteiger partial charge in [-0.2, -0.15) is 0 Å². The molecule has 0 aromatic carbocycles. The van der Waals surface area contributed by atoms with Crippen molar-refractivity contribution in [1.82, 2.24) is 9.62 Å². The fourth-order valence-corrected chi connectivity index (χ4v) is 1.59. The summed E-state index contributed by atoms with van der Waals surface area (Å²) < 4.78 is 33.5. The highest BCUT2D eigenvalue weighted by molar-refractivity contribution is 7.89. The van der Waals surface area contributed by atoms with Gasteiger partial charge in [-0.3, -0.25) is 4.79 Å². The normalized spacial score (nSPS) is 11.8. The minimum absolute atomic E-state index is 0.0764. The van der Waals surface area contributed by atoms with Crippen molar-refractivity contribution in [2.75, 3.05) is 53.3 Å². The summed E-state index contributed by atoms with van der Waals surface area (Å²) in [5, 5.41) is 2.46.